The molecule has 0 fully saturated rings. The van der Waals surface area contributed by atoms with Gasteiger partial charge < -0.3 is 4.57 Å². The van der Waals surface area contributed by atoms with Crippen LogP contribution in [0.25, 0.3) is 10.9 Å². The second kappa shape index (κ2) is 7.11. The van der Waals surface area contributed by atoms with Crippen LogP contribution in [0.15, 0.2) is 30.5 Å². The predicted octanol–water partition coefficient (Wildman–Crippen LogP) is 2.49. The van der Waals surface area contributed by atoms with Crippen molar-refractivity contribution in [1.82, 2.24) is 9.29 Å². The quantitative estimate of drug-likeness (QED) is 0.837. The lowest BCUT2D eigenvalue weighted by atomic mass is 10.2. The lowest BCUT2D eigenvalue weighted by Gasteiger charge is -2.07. The molecule has 0 unspecified atom stereocenters. The van der Waals surface area contributed by atoms with Gasteiger partial charge in [-0.25, -0.2) is 8.42 Å². The second-order valence-electron chi connectivity index (χ2n) is 4.85. The molecular weight excluding hydrogens is 331 g/mol. The van der Waals surface area contributed by atoms with Crippen molar-refractivity contribution in [2.24, 2.45) is 0 Å². The number of amides is 1. The third-order valence-electron chi connectivity index (χ3n) is 3.13. The first-order valence-corrected chi connectivity index (χ1v) is 8.78. The van der Waals surface area contributed by atoms with E-state index in [1.807, 2.05) is 33.7 Å². The summed E-state index contributed by atoms with van der Waals surface area (Å²) >= 11 is 5.90. The zero-order valence-corrected chi connectivity index (χ0v) is 13.3. The van der Waals surface area contributed by atoms with Gasteiger partial charge in [-0.15, -0.1) is 0 Å². The van der Waals surface area contributed by atoms with Crippen LogP contribution < -0.4 is 4.72 Å². The van der Waals surface area contributed by atoms with Crippen LogP contribution in [-0.4, -0.2) is 31.3 Å². The van der Waals surface area contributed by atoms with Crippen molar-refractivity contribution < 1.29 is 17.6 Å². The molecule has 1 amide bonds. The van der Waals surface area contributed by atoms with E-state index in [0.717, 1.165) is 10.9 Å². The first-order valence-electron chi connectivity index (χ1n) is 6.75. The highest BCUT2D eigenvalue weighted by atomic mass is 35.5. The van der Waals surface area contributed by atoms with Crippen molar-refractivity contribution in [3.05, 3.63) is 35.5 Å². The smallest absolute Gasteiger partial charge is 0.235 e. The fraction of sp³-hybridized carbons (Fsp3) is 0.357. The highest BCUT2D eigenvalue weighted by molar-refractivity contribution is 7.90. The molecule has 0 atom stereocenters. The highest BCUT2D eigenvalue weighted by Crippen LogP contribution is 2.20. The Bertz CT molecular complexity index is 773. The van der Waals surface area contributed by atoms with Crippen LogP contribution in [0.4, 0.5) is 4.39 Å². The Labute approximate surface area is 133 Å². The summed E-state index contributed by atoms with van der Waals surface area (Å²) in [5.41, 5.74) is 0.914. The normalized spacial score (nSPS) is 11.7. The molecule has 8 heteroatoms. The minimum Gasteiger partial charge on any atom is -0.347 e. The van der Waals surface area contributed by atoms with Gasteiger partial charge in [-0.05, 0) is 30.7 Å². The number of aryl methyl sites for hydroxylation is 1. The van der Waals surface area contributed by atoms with Crippen molar-refractivity contribution in [2.75, 3.05) is 12.4 Å². The number of alkyl halides is 1. The van der Waals surface area contributed by atoms with E-state index >= 15 is 0 Å². The van der Waals surface area contributed by atoms with Crippen molar-refractivity contribution in [3.8, 4) is 0 Å². The van der Waals surface area contributed by atoms with Gasteiger partial charge in [-0.3, -0.25) is 13.9 Å². The van der Waals surface area contributed by atoms with Crippen LogP contribution >= 0.6 is 11.6 Å². The molecule has 1 heterocycles. The molecule has 2 rings (SSSR count). The fourth-order valence-corrected chi connectivity index (χ4v) is 3.33. The standard InChI is InChI=1S/C14H16ClFN2O3S/c15-12-2-3-13-11(10-12)4-7-18(13)8-5-14(19)17-22(20,21)9-1-6-16/h2-4,7,10H,1,5-6,8-9H2,(H,17,19). The molecule has 0 bridgehead atoms. The number of carbonyl (C=O) groups excluding carboxylic acids is 1. The molecule has 1 N–H and O–H groups in total. The number of benzene rings is 1. The van der Waals surface area contributed by atoms with Gasteiger partial charge in [0, 0.05) is 35.1 Å². The zero-order valence-electron chi connectivity index (χ0n) is 11.8. The van der Waals surface area contributed by atoms with E-state index in [-0.39, 0.29) is 18.6 Å². The third-order valence-corrected chi connectivity index (χ3v) is 4.73. The van der Waals surface area contributed by atoms with Crippen molar-refractivity contribution >= 4 is 38.4 Å². The minimum absolute atomic E-state index is 0.0151. The van der Waals surface area contributed by atoms with Gasteiger partial charge in [-0.2, -0.15) is 0 Å². The van der Waals surface area contributed by atoms with E-state index in [1.165, 1.54) is 0 Å². The summed E-state index contributed by atoms with van der Waals surface area (Å²) in [6, 6.07) is 7.28. The van der Waals surface area contributed by atoms with Gasteiger partial charge in [0.1, 0.15) is 0 Å². The maximum atomic E-state index is 12.0. The van der Waals surface area contributed by atoms with Crippen LogP contribution in [0.3, 0.4) is 0 Å². The van der Waals surface area contributed by atoms with E-state index in [0.29, 0.717) is 11.6 Å². The summed E-state index contributed by atoms with van der Waals surface area (Å²) in [4.78, 5) is 11.7. The molecule has 22 heavy (non-hydrogen) atoms. The first kappa shape index (κ1) is 16.8. The van der Waals surface area contributed by atoms with E-state index in [2.05, 4.69) is 0 Å². The number of nitrogens with zero attached hydrogens (tertiary/aromatic N) is 1. The highest BCUT2D eigenvalue weighted by Gasteiger charge is 2.14. The molecular formula is C14H16ClFN2O3S. The van der Waals surface area contributed by atoms with Gasteiger partial charge in [0.25, 0.3) is 0 Å². The van der Waals surface area contributed by atoms with Crippen LogP contribution in [-0.2, 0) is 21.4 Å². The topological polar surface area (TPSA) is 68.2 Å². The summed E-state index contributed by atoms with van der Waals surface area (Å²) < 4.78 is 38.8. The van der Waals surface area contributed by atoms with Gasteiger partial charge in [-0.1, -0.05) is 11.6 Å². The maximum Gasteiger partial charge on any atom is 0.235 e. The van der Waals surface area contributed by atoms with E-state index < -0.39 is 22.6 Å². The number of hydrogen-bond acceptors (Lipinski definition) is 3. The summed E-state index contributed by atoms with van der Waals surface area (Å²) in [7, 11) is -3.75. The Hall–Kier alpha value is -1.60. The predicted molar refractivity (Wildman–Crippen MR) is 84.1 cm³/mol. The molecule has 0 spiro atoms. The third kappa shape index (κ3) is 4.45. The largest absolute Gasteiger partial charge is 0.347 e. The molecule has 2 aromatic rings. The fourth-order valence-electron chi connectivity index (χ4n) is 2.11. The van der Waals surface area contributed by atoms with Crippen LogP contribution in [0.2, 0.25) is 5.02 Å². The Morgan fingerprint density at radius 1 is 1.32 bits per heavy atom. The van der Waals surface area contributed by atoms with E-state index in [9.17, 15) is 17.6 Å². The average molecular weight is 347 g/mol. The summed E-state index contributed by atoms with van der Waals surface area (Å²) in [5.74, 6) is -0.991. The Kier molecular flexibility index (Phi) is 5.42. The number of halogens is 2. The summed E-state index contributed by atoms with van der Waals surface area (Å²) in [6.45, 7) is -0.386. The molecule has 5 nitrogen and oxygen atoms in total. The SMILES string of the molecule is O=C(CCn1ccc2cc(Cl)ccc21)NS(=O)(=O)CCCF. The van der Waals surface area contributed by atoms with Gasteiger partial charge in [0.15, 0.2) is 0 Å². The second-order valence-corrected chi connectivity index (χ2v) is 7.13. The molecule has 0 radical (unpaired) electrons. The number of aromatic nitrogens is 1. The lowest BCUT2D eigenvalue weighted by molar-refractivity contribution is -0.119. The number of hydrogen-bond donors (Lipinski definition) is 1. The molecule has 120 valence electrons. The zero-order chi connectivity index (χ0) is 16.2. The molecule has 0 aliphatic rings. The molecule has 0 aliphatic carbocycles. The minimum atomic E-state index is -3.75. The number of carbonyl (C=O) groups is 1. The molecule has 1 aromatic heterocycles. The average Bonchev–Trinajstić information content (AvgIpc) is 2.84. The van der Waals surface area contributed by atoms with Gasteiger partial charge >= 0.3 is 0 Å². The number of fused-ring (bicyclic) bond motifs is 1. The Morgan fingerprint density at radius 2 is 2.09 bits per heavy atom. The molecule has 0 aliphatic heterocycles. The maximum absolute atomic E-state index is 12.0. The number of rotatable bonds is 7. The van der Waals surface area contributed by atoms with E-state index in [4.69, 9.17) is 11.6 Å². The molecule has 1 aromatic carbocycles. The van der Waals surface area contributed by atoms with E-state index in [1.54, 1.807) is 6.07 Å². The summed E-state index contributed by atoms with van der Waals surface area (Å²) in [6.07, 6.45) is 1.71. The van der Waals surface area contributed by atoms with Crippen LogP contribution in [0.1, 0.15) is 12.8 Å². The van der Waals surface area contributed by atoms with Gasteiger partial charge in [0.2, 0.25) is 15.9 Å². The Balaban J connectivity index is 1.95. The number of sulfonamides is 1. The van der Waals surface area contributed by atoms with Crippen molar-refractivity contribution in [3.63, 3.8) is 0 Å². The van der Waals surface area contributed by atoms with Crippen molar-refractivity contribution in [1.29, 1.82) is 0 Å². The lowest BCUT2D eigenvalue weighted by Crippen LogP contribution is -2.33. The van der Waals surface area contributed by atoms with Crippen LogP contribution in [0.5, 0.6) is 0 Å². The summed E-state index contributed by atoms with van der Waals surface area (Å²) in [5, 5.41) is 1.57. The van der Waals surface area contributed by atoms with Gasteiger partial charge in [0.05, 0.1) is 12.4 Å². The first-order chi connectivity index (χ1) is 10.4. The molecule has 0 saturated carbocycles. The van der Waals surface area contributed by atoms with Crippen LogP contribution in [0, 0.1) is 0 Å². The monoisotopic (exact) mass is 346 g/mol. The number of nitrogens with one attached hydrogen (secondary N) is 1. The molecule has 0 saturated heterocycles. The van der Waals surface area contributed by atoms with Crippen molar-refractivity contribution in [2.45, 2.75) is 19.4 Å². The Morgan fingerprint density at radius 3 is 2.82 bits per heavy atom.